The van der Waals surface area contributed by atoms with Crippen LogP contribution in [0.5, 0.6) is 5.75 Å². The highest BCUT2D eigenvalue weighted by atomic mass is 19.3. The Labute approximate surface area is 213 Å². The van der Waals surface area contributed by atoms with Gasteiger partial charge in [-0.25, -0.2) is 9.67 Å². The maximum Gasteiger partial charge on any atom is 0.387 e. The first kappa shape index (κ1) is 23.3. The lowest BCUT2D eigenvalue weighted by atomic mass is 9.92. The smallest absolute Gasteiger partial charge is 0.387 e. The highest BCUT2D eigenvalue weighted by Crippen LogP contribution is 2.49. The fourth-order valence-corrected chi connectivity index (χ4v) is 4.84. The van der Waals surface area contributed by atoms with Crippen molar-refractivity contribution in [3.05, 3.63) is 99.7 Å². The SMILES string of the molecule is Cc1nn(-c2ccc([N+](=O)[O-])cc2)c2c1[C@@H](c1ccccc1OC(F)F)N1C(=N2)C(=O)Nc2ccccc21. The Hall–Kier alpha value is -5.13. The number of benzene rings is 3. The van der Waals surface area contributed by atoms with E-state index in [2.05, 4.69) is 15.4 Å². The van der Waals surface area contributed by atoms with Gasteiger partial charge in [-0.1, -0.05) is 30.3 Å². The van der Waals surface area contributed by atoms with Crippen molar-refractivity contribution in [3.8, 4) is 11.4 Å². The number of fused-ring (bicyclic) bond motifs is 4. The number of nitrogens with zero attached hydrogens (tertiary/aromatic N) is 5. The van der Waals surface area contributed by atoms with Crippen molar-refractivity contribution in [1.82, 2.24) is 9.78 Å². The number of amides is 1. The molecule has 1 aromatic heterocycles. The van der Waals surface area contributed by atoms with E-state index < -0.39 is 23.5 Å². The molecule has 2 aliphatic heterocycles. The van der Waals surface area contributed by atoms with Crippen LogP contribution in [0, 0.1) is 17.0 Å². The van der Waals surface area contributed by atoms with Crippen LogP contribution in [0.3, 0.4) is 0 Å². The van der Waals surface area contributed by atoms with Gasteiger partial charge in [-0.15, -0.1) is 0 Å². The van der Waals surface area contributed by atoms with E-state index in [9.17, 15) is 23.7 Å². The number of carbonyl (C=O) groups is 1. The quantitative estimate of drug-likeness (QED) is 0.285. The Balaban J connectivity index is 1.62. The number of aliphatic imine (C=N–C) groups is 1. The maximum absolute atomic E-state index is 13.4. The molecule has 0 saturated heterocycles. The van der Waals surface area contributed by atoms with Crippen LogP contribution in [0.1, 0.15) is 22.9 Å². The Kier molecular flexibility index (Phi) is 5.37. The minimum atomic E-state index is -3.06. The number of rotatable bonds is 5. The van der Waals surface area contributed by atoms with Gasteiger partial charge in [0.1, 0.15) is 5.75 Å². The Morgan fingerprint density at radius 1 is 1.05 bits per heavy atom. The van der Waals surface area contributed by atoms with Crippen LogP contribution in [0.4, 0.5) is 31.7 Å². The van der Waals surface area contributed by atoms with Gasteiger partial charge in [0.05, 0.1) is 33.7 Å². The predicted molar refractivity (Wildman–Crippen MR) is 135 cm³/mol. The normalized spacial score (nSPS) is 15.8. The van der Waals surface area contributed by atoms with Crippen molar-refractivity contribution in [2.24, 2.45) is 4.99 Å². The molecular formula is C26H18F2N6O4. The summed E-state index contributed by atoms with van der Waals surface area (Å²) in [6.45, 7) is -1.31. The number of hydrogen-bond donors (Lipinski definition) is 1. The molecule has 0 saturated carbocycles. The second kappa shape index (κ2) is 8.76. The molecule has 1 amide bonds. The molecule has 3 aromatic carbocycles. The molecule has 0 radical (unpaired) electrons. The van der Waals surface area contributed by atoms with Crippen molar-refractivity contribution >= 4 is 34.6 Å². The summed E-state index contributed by atoms with van der Waals surface area (Å²) in [5.74, 6) is -0.198. The molecule has 3 heterocycles. The third-order valence-electron chi connectivity index (χ3n) is 6.40. The molecule has 0 unspecified atom stereocenters. The van der Waals surface area contributed by atoms with E-state index in [1.165, 1.54) is 35.0 Å². The van der Waals surface area contributed by atoms with Gasteiger partial charge in [0.2, 0.25) is 5.84 Å². The second-order valence-electron chi connectivity index (χ2n) is 8.60. The van der Waals surface area contributed by atoms with Crippen molar-refractivity contribution in [2.45, 2.75) is 19.6 Å². The van der Waals surface area contributed by atoms with Gasteiger partial charge >= 0.3 is 6.61 Å². The number of aromatic nitrogens is 2. The number of carbonyl (C=O) groups excluding carboxylic acids is 1. The zero-order valence-corrected chi connectivity index (χ0v) is 19.7. The van der Waals surface area contributed by atoms with Gasteiger partial charge in [-0.2, -0.15) is 13.9 Å². The summed E-state index contributed by atoms with van der Waals surface area (Å²) in [6.07, 6.45) is 0. The van der Waals surface area contributed by atoms with E-state index >= 15 is 0 Å². The Morgan fingerprint density at radius 2 is 1.76 bits per heavy atom. The molecule has 12 heteroatoms. The number of anilines is 2. The standard InChI is InChI=1S/C26H18F2N6O4/c1-14-21-22(17-6-2-5-9-20(17)38-26(27)28)32-19-8-4-3-7-18(19)29-25(35)24(32)30-23(21)33(31-14)15-10-12-16(13-11-15)34(36)37/h2-13,22,26H,1H3,(H,29,35)/t22-/m1/s1. The maximum atomic E-state index is 13.4. The van der Waals surface area contributed by atoms with Crippen LogP contribution < -0.4 is 15.0 Å². The average Bonchev–Trinajstić information content (AvgIpc) is 3.24. The van der Waals surface area contributed by atoms with Gasteiger partial charge in [0, 0.05) is 23.3 Å². The van der Waals surface area contributed by atoms with Crippen molar-refractivity contribution in [2.75, 3.05) is 10.2 Å². The van der Waals surface area contributed by atoms with E-state index in [1.54, 1.807) is 54.3 Å². The molecule has 4 aromatic rings. The van der Waals surface area contributed by atoms with Gasteiger partial charge in [-0.05, 0) is 37.3 Å². The number of ether oxygens (including phenoxy) is 1. The number of hydrogen-bond acceptors (Lipinski definition) is 7. The fourth-order valence-electron chi connectivity index (χ4n) is 4.84. The third-order valence-corrected chi connectivity index (χ3v) is 6.40. The Bertz CT molecular complexity index is 1630. The van der Waals surface area contributed by atoms with E-state index in [4.69, 9.17) is 4.74 Å². The number of nitro groups is 1. The van der Waals surface area contributed by atoms with Crippen LogP contribution in [0.15, 0.2) is 77.8 Å². The number of amidine groups is 1. The largest absolute Gasteiger partial charge is 0.434 e. The summed E-state index contributed by atoms with van der Waals surface area (Å²) < 4.78 is 33.2. The molecule has 0 bridgehead atoms. The first-order chi connectivity index (χ1) is 18.3. The predicted octanol–water partition coefficient (Wildman–Crippen LogP) is 5.28. The summed E-state index contributed by atoms with van der Waals surface area (Å²) in [5, 5.41) is 18.6. The van der Waals surface area contributed by atoms with Crippen molar-refractivity contribution < 1.29 is 23.2 Å². The highest BCUT2D eigenvalue weighted by Gasteiger charge is 2.43. The second-order valence-corrected chi connectivity index (χ2v) is 8.60. The fraction of sp³-hybridized carbons (Fsp3) is 0.115. The summed E-state index contributed by atoms with van der Waals surface area (Å²) in [7, 11) is 0. The summed E-state index contributed by atoms with van der Waals surface area (Å²) >= 11 is 0. The minimum absolute atomic E-state index is 0.0381. The monoisotopic (exact) mass is 516 g/mol. The average molecular weight is 516 g/mol. The van der Waals surface area contributed by atoms with Crippen LogP contribution in [-0.2, 0) is 4.79 Å². The molecule has 38 heavy (non-hydrogen) atoms. The van der Waals surface area contributed by atoms with Crippen molar-refractivity contribution in [1.29, 1.82) is 0 Å². The summed E-state index contributed by atoms with van der Waals surface area (Å²) in [4.78, 5) is 30.3. The number of halogens is 2. The molecule has 0 fully saturated rings. The van der Waals surface area contributed by atoms with Crippen LogP contribution in [0.25, 0.3) is 5.69 Å². The van der Waals surface area contributed by atoms with E-state index in [-0.39, 0.29) is 17.3 Å². The van der Waals surface area contributed by atoms with Crippen LogP contribution >= 0.6 is 0 Å². The molecule has 2 aliphatic rings. The van der Waals surface area contributed by atoms with Crippen LogP contribution in [-0.4, -0.2) is 33.1 Å². The topological polar surface area (TPSA) is 115 Å². The van der Waals surface area contributed by atoms with E-state index in [0.717, 1.165) is 0 Å². The van der Waals surface area contributed by atoms with Gasteiger partial charge in [-0.3, -0.25) is 14.9 Å². The zero-order valence-electron chi connectivity index (χ0n) is 19.7. The van der Waals surface area contributed by atoms with Gasteiger partial charge in [0.15, 0.2) is 5.82 Å². The molecular weight excluding hydrogens is 498 g/mol. The minimum Gasteiger partial charge on any atom is -0.434 e. The number of aryl methyl sites for hydroxylation is 1. The first-order valence-electron chi connectivity index (χ1n) is 11.5. The van der Waals surface area contributed by atoms with Gasteiger partial charge in [0.25, 0.3) is 11.6 Å². The molecule has 0 spiro atoms. The Morgan fingerprint density at radius 3 is 2.50 bits per heavy atom. The number of para-hydroxylation sites is 3. The number of alkyl halides is 2. The number of non-ortho nitro benzene ring substituents is 1. The molecule has 10 nitrogen and oxygen atoms in total. The lowest BCUT2D eigenvalue weighted by molar-refractivity contribution is -0.384. The van der Waals surface area contributed by atoms with Gasteiger partial charge < -0.3 is 15.0 Å². The molecule has 0 aliphatic carbocycles. The number of nitro benzene ring substituents is 1. The third kappa shape index (κ3) is 3.65. The van der Waals surface area contributed by atoms with E-state index in [1.807, 2.05) is 0 Å². The molecule has 190 valence electrons. The zero-order chi connectivity index (χ0) is 26.6. The molecule has 1 N–H and O–H groups in total. The lowest BCUT2D eigenvalue weighted by Gasteiger charge is -2.40. The van der Waals surface area contributed by atoms with Crippen molar-refractivity contribution in [3.63, 3.8) is 0 Å². The summed E-state index contributed by atoms with van der Waals surface area (Å²) in [5.41, 5.74) is 3.03. The highest BCUT2D eigenvalue weighted by molar-refractivity contribution is 6.50. The first-order valence-corrected chi connectivity index (χ1v) is 11.5. The molecule has 6 rings (SSSR count). The lowest BCUT2D eigenvalue weighted by Crippen LogP contribution is -2.48. The van der Waals surface area contributed by atoms with E-state index in [0.29, 0.717) is 39.7 Å². The summed E-state index contributed by atoms with van der Waals surface area (Å²) in [6, 6.07) is 18.4. The van der Waals surface area contributed by atoms with Crippen LogP contribution in [0.2, 0.25) is 0 Å². The number of nitrogens with one attached hydrogen (secondary N) is 1. The molecule has 1 atom stereocenters.